The third kappa shape index (κ3) is 3.59. The van der Waals surface area contributed by atoms with E-state index in [4.69, 9.17) is 9.84 Å². The number of nitrogens with zero attached hydrogens (tertiary/aromatic N) is 2. The summed E-state index contributed by atoms with van der Waals surface area (Å²) in [7, 11) is 1.54. The molecule has 0 fully saturated rings. The maximum atomic E-state index is 13.9. The van der Waals surface area contributed by atoms with E-state index < -0.39 is 23.8 Å². The number of methoxy groups -OCH3 is 1. The summed E-state index contributed by atoms with van der Waals surface area (Å²) in [5.74, 6) is -1.16. The second-order valence-corrected chi connectivity index (χ2v) is 7.88. The van der Waals surface area contributed by atoms with Crippen LogP contribution in [0.25, 0.3) is 27.5 Å². The average molecular weight is 469 g/mol. The summed E-state index contributed by atoms with van der Waals surface area (Å²) < 4.78 is 8.04. The maximum Gasteiger partial charge on any atom is 0.329 e. The van der Waals surface area contributed by atoms with Crippen molar-refractivity contribution in [3.8, 4) is 16.9 Å². The summed E-state index contributed by atoms with van der Waals surface area (Å²) in [6, 6.07) is 19.2. The lowest BCUT2D eigenvalue weighted by molar-refractivity contribution is -0.137. The summed E-state index contributed by atoms with van der Waals surface area (Å²) in [4.78, 5) is 52.6. The number of carbonyl (C=O) groups is 2. The number of aromatic amines is 1. The lowest BCUT2D eigenvalue weighted by Gasteiger charge is -2.09. The number of carboxylic acid groups (broad SMARTS) is 1. The number of fused-ring (bicyclic) bond motifs is 2. The van der Waals surface area contributed by atoms with Crippen molar-refractivity contribution >= 4 is 28.2 Å². The molecule has 0 radical (unpaired) electrons. The van der Waals surface area contributed by atoms with Crippen LogP contribution >= 0.6 is 0 Å². The standard InChI is InChI=1S/C26H19N3O6/c1-35-24-19-9-5-6-12-28(19)22(21(24)15-7-3-2-4-8-15)23(32)16-10-11-18-17(13-16)25(33)29(14-20(30)31)26(34)27-18/h2-13H,14H2,1H3,(H,27,34)(H,30,31). The van der Waals surface area contributed by atoms with Gasteiger partial charge < -0.3 is 19.2 Å². The summed E-state index contributed by atoms with van der Waals surface area (Å²) in [5, 5.41) is 9.10. The molecule has 5 rings (SSSR count). The number of benzene rings is 2. The first-order chi connectivity index (χ1) is 16.9. The van der Waals surface area contributed by atoms with Gasteiger partial charge in [-0.1, -0.05) is 36.4 Å². The normalized spacial score (nSPS) is 11.1. The van der Waals surface area contributed by atoms with Crippen LogP contribution in [0.1, 0.15) is 16.1 Å². The topological polar surface area (TPSA) is 123 Å². The van der Waals surface area contributed by atoms with E-state index in [0.717, 1.165) is 5.56 Å². The van der Waals surface area contributed by atoms with Gasteiger partial charge in [0.25, 0.3) is 5.56 Å². The number of ketones is 1. The molecule has 9 heteroatoms. The Labute approximate surface area is 197 Å². The van der Waals surface area contributed by atoms with Crippen LogP contribution < -0.4 is 16.0 Å². The summed E-state index contributed by atoms with van der Waals surface area (Å²) in [6.45, 7) is -0.791. The van der Waals surface area contributed by atoms with Gasteiger partial charge in [0.1, 0.15) is 12.2 Å². The van der Waals surface area contributed by atoms with Crippen molar-refractivity contribution in [3.63, 3.8) is 0 Å². The maximum absolute atomic E-state index is 13.9. The Morgan fingerprint density at radius 3 is 2.46 bits per heavy atom. The quantitative estimate of drug-likeness (QED) is 0.369. The zero-order valence-corrected chi connectivity index (χ0v) is 18.5. The van der Waals surface area contributed by atoms with E-state index in [1.54, 1.807) is 23.8 Å². The van der Waals surface area contributed by atoms with Gasteiger partial charge in [-0.05, 0) is 35.9 Å². The number of hydrogen-bond acceptors (Lipinski definition) is 5. The van der Waals surface area contributed by atoms with Gasteiger partial charge in [0.05, 0.1) is 29.1 Å². The minimum atomic E-state index is -1.33. The lowest BCUT2D eigenvalue weighted by atomic mass is 9.98. The molecule has 2 aromatic carbocycles. The van der Waals surface area contributed by atoms with Gasteiger partial charge in [-0.25, -0.2) is 9.36 Å². The molecule has 0 amide bonds. The third-order valence-electron chi connectivity index (χ3n) is 5.82. The van der Waals surface area contributed by atoms with Gasteiger partial charge in [0.2, 0.25) is 5.78 Å². The molecule has 35 heavy (non-hydrogen) atoms. The van der Waals surface area contributed by atoms with Crippen molar-refractivity contribution in [3.05, 3.63) is 105 Å². The Hall–Kier alpha value is -4.92. The second-order valence-electron chi connectivity index (χ2n) is 7.88. The number of aromatic nitrogens is 3. The van der Waals surface area contributed by atoms with E-state index in [1.165, 1.54) is 18.2 Å². The molecule has 0 spiro atoms. The molecular formula is C26H19N3O6. The minimum Gasteiger partial charge on any atom is -0.494 e. The molecule has 5 aromatic rings. The fraction of sp³-hybridized carbons (Fsp3) is 0.0769. The van der Waals surface area contributed by atoms with E-state index in [-0.39, 0.29) is 22.2 Å². The first kappa shape index (κ1) is 21.9. The Kier molecular flexibility index (Phi) is 5.29. The number of pyridine rings is 1. The Bertz CT molecular complexity index is 1740. The van der Waals surface area contributed by atoms with Gasteiger partial charge >= 0.3 is 11.7 Å². The molecule has 0 bridgehead atoms. The van der Waals surface area contributed by atoms with Gasteiger partial charge in [-0.3, -0.25) is 14.4 Å². The predicted octanol–water partition coefficient (Wildman–Crippen LogP) is 2.93. The molecule has 3 aromatic heterocycles. The predicted molar refractivity (Wildman–Crippen MR) is 129 cm³/mol. The van der Waals surface area contributed by atoms with E-state index in [1.807, 2.05) is 42.5 Å². The number of carboxylic acids is 1. The lowest BCUT2D eigenvalue weighted by Crippen LogP contribution is -2.37. The molecule has 0 saturated heterocycles. The number of carbonyl (C=O) groups excluding carboxylic acids is 1. The minimum absolute atomic E-state index is 0.0331. The van der Waals surface area contributed by atoms with Crippen LogP contribution in [0.3, 0.4) is 0 Å². The number of nitrogens with one attached hydrogen (secondary N) is 1. The first-order valence-electron chi connectivity index (χ1n) is 10.7. The van der Waals surface area contributed by atoms with Crippen molar-refractivity contribution in [2.45, 2.75) is 6.54 Å². The smallest absolute Gasteiger partial charge is 0.329 e. The largest absolute Gasteiger partial charge is 0.494 e. The highest BCUT2D eigenvalue weighted by molar-refractivity contribution is 6.15. The van der Waals surface area contributed by atoms with Crippen molar-refractivity contribution in [1.82, 2.24) is 14.0 Å². The third-order valence-corrected chi connectivity index (χ3v) is 5.82. The van der Waals surface area contributed by atoms with Gasteiger partial charge in [-0.15, -0.1) is 0 Å². The van der Waals surface area contributed by atoms with Crippen LogP contribution in [0.4, 0.5) is 0 Å². The highest BCUT2D eigenvalue weighted by Crippen LogP contribution is 2.40. The van der Waals surface area contributed by atoms with Crippen LogP contribution in [0.5, 0.6) is 5.75 Å². The zero-order chi connectivity index (χ0) is 24.7. The van der Waals surface area contributed by atoms with Crippen LogP contribution in [-0.2, 0) is 11.3 Å². The molecular weight excluding hydrogens is 450 g/mol. The summed E-state index contributed by atoms with van der Waals surface area (Å²) >= 11 is 0. The molecule has 0 aliphatic rings. The van der Waals surface area contributed by atoms with Crippen LogP contribution in [0.15, 0.2) is 82.5 Å². The van der Waals surface area contributed by atoms with Gasteiger partial charge in [0, 0.05) is 11.8 Å². The zero-order valence-electron chi connectivity index (χ0n) is 18.5. The fourth-order valence-electron chi connectivity index (χ4n) is 4.29. The van der Waals surface area contributed by atoms with Crippen molar-refractivity contribution in [1.29, 1.82) is 0 Å². The van der Waals surface area contributed by atoms with Crippen molar-refractivity contribution < 1.29 is 19.4 Å². The van der Waals surface area contributed by atoms with Crippen LogP contribution in [0, 0.1) is 0 Å². The van der Waals surface area contributed by atoms with Crippen LogP contribution in [-0.4, -0.2) is 37.9 Å². The monoisotopic (exact) mass is 469 g/mol. The first-order valence-corrected chi connectivity index (χ1v) is 10.7. The van der Waals surface area contributed by atoms with E-state index in [0.29, 0.717) is 27.1 Å². The van der Waals surface area contributed by atoms with E-state index >= 15 is 0 Å². The summed E-state index contributed by atoms with van der Waals surface area (Å²) in [6.07, 6.45) is 1.76. The molecule has 2 N–H and O–H groups in total. The van der Waals surface area contributed by atoms with Gasteiger partial charge in [-0.2, -0.15) is 0 Å². The number of rotatable bonds is 6. The fourth-order valence-corrected chi connectivity index (χ4v) is 4.29. The molecule has 0 unspecified atom stereocenters. The highest BCUT2D eigenvalue weighted by Gasteiger charge is 2.26. The molecule has 0 aliphatic carbocycles. The van der Waals surface area contributed by atoms with Crippen molar-refractivity contribution in [2.75, 3.05) is 7.11 Å². The van der Waals surface area contributed by atoms with E-state index in [9.17, 15) is 19.2 Å². The Balaban J connectivity index is 1.77. The molecule has 9 nitrogen and oxygen atoms in total. The summed E-state index contributed by atoms with van der Waals surface area (Å²) in [5.41, 5.74) is 1.22. The Morgan fingerprint density at radius 2 is 1.74 bits per heavy atom. The van der Waals surface area contributed by atoms with Crippen molar-refractivity contribution in [2.24, 2.45) is 0 Å². The molecule has 0 atom stereocenters. The second kappa shape index (κ2) is 8.45. The Morgan fingerprint density at radius 1 is 1.00 bits per heavy atom. The number of aliphatic carboxylic acids is 1. The highest BCUT2D eigenvalue weighted by atomic mass is 16.5. The SMILES string of the molecule is COc1c(-c2ccccc2)c(C(=O)c2ccc3[nH]c(=O)n(CC(=O)O)c(=O)c3c2)n2ccccc12. The molecule has 3 heterocycles. The number of H-pyrrole nitrogens is 1. The van der Waals surface area contributed by atoms with E-state index in [2.05, 4.69) is 4.98 Å². The average Bonchev–Trinajstić information content (AvgIpc) is 3.20. The number of hydrogen-bond donors (Lipinski definition) is 2. The number of ether oxygens (including phenoxy) is 1. The molecule has 0 saturated carbocycles. The van der Waals surface area contributed by atoms with Crippen LogP contribution in [0.2, 0.25) is 0 Å². The van der Waals surface area contributed by atoms with Gasteiger partial charge in [0.15, 0.2) is 5.75 Å². The molecule has 174 valence electrons. The molecule has 0 aliphatic heterocycles.